The number of benzene rings is 1. The Labute approximate surface area is 80.2 Å². The van der Waals surface area contributed by atoms with Crippen LogP contribution < -0.4 is 0 Å². The van der Waals surface area contributed by atoms with Gasteiger partial charge in [0.25, 0.3) is 0 Å². The van der Waals surface area contributed by atoms with Gasteiger partial charge in [-0.1, -0.05) is 18.2 Å². The van der Waals surface area contributed by atoms with E-state index in [1.54, 1.807) is 0 Å². The van der Waals surface area contributed by atoms with Gasteiger partial charge in [-0.25, -0.2) is 0 Å². The van der Waals surface area contributed by atoms with Gasteiger partial charge in [-0.3, -0.25) is 5.92 Å². The molecule has 0 fully saturated rings. The summed E-state index contributed by atoms with van der Waals surface area (Å²) in [6.07, 6.45) is 6.69. The summed E-state index contributed by atoms with van der Waals surface area (Å²) in [7, 11) is 0. The van der Waals surface area contributed by atoms with Gasteiger partial charge in [0.15, 0.2) is 0 Å². The fraction of sp³-hybridized carbons (Fsp3) is 0. The van der Waals surface area contributed by atoms with Gasteiger partial charge in [0.2, 0.25) is 0 Å². The molecule has 1 aromatic carbocycles. The molecule has 0 aliphatic rings. The van der Waals surface area contributed by atoms with E-state index in [1.807, 2.05) is 30.3 Å². The first kappa shape index (κ1) is 12.4. The molecule has 0 aliphatic carbocycles. The van der Waals surface area contributed by atoms with E-state index in [-0.39, 0.29) is 31.9 Å². The van der Waals surface area contributed by atoms with Crippen LogP contribution in [-0.4, -0.2) is 0 Å². The van der Waals surface area contributed by atoms with E-state index in [1.165, 1.54) is 0 Å². The summed E-state index contributed by atoms with van der Waals surface area (Å²) in [6, 6.07) is 9.37. The maximum absolute atomic E-state index is 6.69. The van der Waals surface area contributed by atoms with Gasteiger partial charge in [-0.05, 0) is 0 Å². The Kier molecular flexibility index (Phi) is 8.43. The number of rotatable bonds is 0. The van der Waals surface area contributed by atoms with E-state index < -0.39 is 0 Å². The Morgan fingerprint density at radius 3 is 1.90 bits per heavy atom. The van der Waals surface area contributed by atoms with Crippen LogP contribution in [0.5, 0.6) is 0 Å². The van der Waals surface area contributed by atoms with Crippen molar-refractivity contribution in [3.63, 3.8) is 0 Å². The van der Waals surface area contributed by atoms with Gasteiger partial charge in [0.05, 0.1) is 0 Å². The van der Waals surface area contributed by atoms with Crippen LogP contribution in [0.1, 0.15) is 5.56 Å². The summed E-state index contributed by atoms with van der Waals surface area (Å²) in [5.74, 6) is 2.28. The summed E-state index contributed by atoms with van der Waals surface area (Å²) in [4.78, 5) is 0. The van der Waals surface area contributed by atoms with E-state index in [0.29, 0.717) is 0 Å². The molecule has 0 aliphatic heterocycles. The molecule has 1 rings (SSSR count). The van der Waals surface area contributed by atoms with Crippen molar-refractivity contribution in [2.45, 2.75) is 0 Å². The van der Waals surface area contributed by atoms with Crippen LogP contribution in [0.15, 0.2) is 30.3 Å². The van der Waals surface area contributed by atoms with Gasteiger partial charge in [-0.15, -0.1) is 30.1 Å². The first-order chi connectivity index (χ1) is 3.93. The summed E-state index contributed by atoms with van der Waals surface area (Å²) in [6.45, 7) is 0. The molecule has 0 radical (unpaired) electrons. The quantitative estimate of drug-likeness (QED) is 0.344. The molecule has 0 saturated heterocycles. The summed E-state index contributed by atoms with van der Waals surface area (Å²) >= 11 is 0. The minimum atomic E-state index is 0. The van der Waals surface area contributed by atoms with Crippen molar-refractivity contribution in [2.24, 2.45) is 0 Å². The molecule has 48 valence electrons. The third-order valence-electron chi connectivity index (χ3n) is 0.918. The van der Waals surface area contributed by atoms with Crippen LogP contribution in [0.3, 0.4) is 0 Å². The van der Waals surface area contributed by atoms with E-state index >= 15 is 0 Å². The van der Waals surface area contributed by atoms with Crippen molar-refractivity contribution in [3.8, 4) is 5.92 Å². The average molecular weight is 203 g/mol. The molecule has 0 saturated carbocycles. The van der Waals surface area contributed by atoms with Crippen LogP contribution in [0.2, 0.25) is 0 Å². The SMILES string of the molecule is Cl.[C-]#Cc1ccccc1.[Zn]. The minimum Gasteiger partial charge on any atom is -0.366 e. The number of halogens is 1. The molecule has 0 aromatic heterocycles. The molecule has 0 spiro atoms. The Morgan fingerprint density at radius 2 is 1.60 bits per heavy atom. The van der Waals surface area contributed by atoms with Crippen molar-refractivity contribution in [2.75, 3.05) is 0 Å². The zero-order valence-corrected chi connectivity index (χ0v) is 9.29. The zero-order valence-electron chi connectivity index (χ0n) is 5.50. The summed E-state index contributed by atoms with van der Waals surface area (Å²) in [5.41, 5.74) is 0.826. The average Bonchev–Trinajstić information content (AvgIpc) is 1.90. The molecule has 1 aromatic rings. The molecule has 2 heteroatoms. The van der Waals surface area contributed by atoms with Crippen molar-refractivity contribution >= 4 is 12.4 Å². The molecule has 0 bridgehead atoms. The second-order valence-electron chi connectivity index (χ2n) is 1.49. The predicted molar refractivity (Wildman–Crippen MR) is 39.9 cm³/mol. The fourth-order valence-electron chi connectivity index (χ4n) is 0.521. The molecule has 10 heavy (non-hydrogen) atoms. The van der Waals surface area contributed by atoms with Gasteiger partial charge in [0.1, 0.15) is 0 Å². The first-order valence-corrected chi connectivity index (χ1v) is 2.41. The Bertz CT molecular complexity index is 200. The smallest absolute Gasteiger partial charge is 0 e. The zero-order chi connectivity index (χ0) is 5.82. The van der Waals surface area contributed by atoms with Crippen molar-refractivity contribution in [1.29, 1.82) is 0 Å². The van der Waals surface area contributed by atoms with E-state index in [2.05, 4.69) is 5.92 Å². The molecule has 0 N–H and O–H groups in total. The fourth-order valence-corrected chi connectivity index (χ4v) is 0.521. The van der Waals surface area contributed by atoms with Crippen LogP contribution >= 0.6 is 12.4 Å². The normalized spacial score (nSPS) is 6.30. The third-order valence-corrected chi connectivity index (χ3v) is 0.918. The monoisotopic (exact) mass is 201 g/mol. The molecule has 0 heterocycles. The first-order valence-electron chi connectivity index (χ1n) is 2.41. The molecular formula is C8H6ClZn-. The minimum absolute atomic E-state index is 0. The molecule has 0 nitrogen and oxygen atoms in total. The Hall–Kier alpha value is -0.307. The number of hydrogen-bond acceptors (Lipinski definition) is 0. The van der Waals surface area contributed by atoms with E-state index in [0.717, 1.165) is 5.56 Å². The van der Waals surface area contributed by atoms with Crippen LogP contribution in [0.4, 0.5) is 0 Å². The van der Waals surface area contributed by atoms with Gasteiger partial charge >= 0.3 is 0 Å². The van der Waals surface area contributed by atoms with Crippen LogP contribution in [-0.2, 0) is 19.5 Å². The van der Waals surface area contributed by atoms with Crippen molar-refractivity contribution in [3.05, 3.63) is 42.3 Å². The largest absolute Gasteiger partial charge is 0.366 e. The van der Waals surface area contributed by atoms with Crippen molar-refractivity contribution < 1.29 is 19.5 Å². The summed E-state index contributed by atoms with van der Waals surface area (Å²) < 4.78 is 0. The molecule has 0 unspecified atom stereocenters. The molecular weight excluding hydrogens is 197 g/mol. The summed E-state index contributed by atoms with van der Waals surface area (Å²) in [5, 5.41) is 0. The van der Waals surface area contributed by atoms with Crippen molar-refractivity contribution in [1.82, 2.24) is 0 Å². The third kappa shape index (κ3) is 3.67. The second kappa shape index (κ2) is 6.81. The van der Waals surface area contributed by atoms with Crippen LogP contribution in [0, 0.1) is 12.3 Å². The Morgan fingerprint density at radius 1 is 1.10 bits per heavy atom. The van der Waals surface area contributed by atoms with E-state index in [9.17, 15) is 0 Å². The van der Waals surface area contributed by atoms with Gasteiger partial charge in [0, 0.05) is 19.5 Å². The maximum Gasteiger partial charge on any atom is 0 e. The maximum atomic E-state index is 6.69. The number of hydrogen-bond donors (Lipinski definition) is 0. The van der Waals surface area contributed by atoms with Gasteiger partial charge < -0.3 is 6.42 Å². The second-order valence-corrected chi connectivity index (χ2v) is 1.49. The topological polar surface area (TPSA) is 0 Å². The van der Waals surface area contributed by atoms with Crippen LogP contribution in [0.25, 0.3) is 0 Å². The predicted octanol–water partition coefficient (Wildman–Crippen LogP) is 2.04. The Balaban J connectivity index is 0. The molecule has 0 amide bonds. The standard InChI is InChI=1S/C8H5.ClH.Zn/c1-2-8-6-4-3-5-7-8;;/h3-7H;1H;/q-1;;. The van der Waals surface area contributed by atoms with Gasteiger partial charge in [-0.2, -0.15) is 0 Å². The molecule has 0 atom stereocenters. The van der Waals surface area contributed by atoms with E-state index in [4.69, 9.17) is 6.42 Å².